The van der Waals surface area contributed by atoms with Crippen molar-refractivity contribution >= 4 is 44.7 Å². The van der Waals surface area contributed by atoms with Crippen LogP contribution in [0.5, 0.6) is 0 Å². The monoisotopic (exact) mass is 347 g/mol. The van der Waals surface area contributed by atoms with Crippen molar-refractivity contribution in [3.8, 4) is 0 Å². The van der Waals surface area contributed by atoms with E-state index in [1.165, 1.54) is 18.4 Å². The van der Waals surface area contributed by atoms with Crippen LogP contribution in [-0.2, 0) is 10.0 Å². The molecule has 21 heavy (non-hydrogen) atoms. The Morgan fingerprint density at radius 1 is 1.43 bits per heavy atom. The number of thioether (sulfide) groups is 1. The number of thiocarbonyl (C=S) groups is 1. The van der Waals surface area contributed by atoms with Gasteiger partial charge in [0.25, 0.3) is 0 Å². The number of hydrogen-bond acceptors (Lipinski definition) is 5. The molecule has 1 aromatic rings. The molecule has 0 aliphatic carbocycles. The van der Waals surface area contributed by atoms with E-state index in [1.54, 1.807) is 11.8 Å². The molecule has 3 N–H and O–H groups in total. The normalized spacial score (nSPS) is 11.6. The molecule has 0 saturated carbocycles. The molecule has 0 aliphatic rings. The molecule has 0 amide bonds. The highest BCUT2D eigenvalue weighted by Crippen LogP contribution is 2.28. The summed E-state index contributed by atoms with van der Waals surface area (Å²) in [4.78, 5) is 1.31. The molecule has 0 atom stereocenters. The third kappa shape index (κ3) is 5.14. The van der Waals surface area contributed by atoms with E-state index in [9.17, 15) is 8.42 Å². The molecule has 0 spiro atoms. The summed E-state index contributed by atoms with van der Waals surface area (Å²) in [5.41, 5.74) is 7.36. The summed E-state index contributed by atoms with van der Waals surface area (Å²) < 4.78 is 24.7. The van der Waals surface area contributed by atoms with Crippen LogP contribution in [0.4, 0.5) is 5.69 Å². The van der Waals surface area contributed by atoms with Crippen LogP contribution in [0.1, 0.15) is 12.5 Å². The first-order chi connectivity index (χ1) is 9.79. The molecule has 0 aromatic heterocycles. The average molecular weight is 348 g/mol. The number of hydrogen-bond donors (Lipinski definition) is 2. The molecule has 0 heterocycles. The molecule has 0 bridgehead atoms. The first-order valence-electron chi connectivity index (χ1n) is 6.49. The molecule has 0 fully saturated rings. The van der Waals surface area contributed by atoms with Gasteiger partial charge in [-0.2, -0.15) is 0 Å². The second kappa shape index (κ2) is 7.98. The van der Waals surface area contributed by atoms with E-state index >= 15 is 0 Å². The molecule has 118 valence electrons. The summed E-state index contributed by atoms with van der Waals surface area (Å²) in [6.45, 7) is 2.36. The summed E-state index contributed by atoms with van der Waals surface area (Å²) in [6, 6.07) is 5.73. The van der Waals surface area contributed by atoms with Crippen LogP contribution in [0.25, 0.3) is 0 Å². The summed E-state index contributed by atoms with van der Waals surface area (Å²) in [5.74, 6) is 0.927. The average Bonchev–Trinajstić information content (AvgIpc) is 2.38. The highest BCUT2D eigenvalue weighted by Gasteiger charge is 2.15. The van der Waals surface area contributed by atoms with Crippen molar-refractivity contribution < 1.29 is 8.42 Å². The van der Waals surface area contributed by atoms with Crippen LogP contribution in [0.2, 0.25) is 0 Å². The van der Waals surface area contributed by atoms with Gasteiger partial charge in [-0.15, -0.1) is 11.8 Å². The number of anilines is 1. The van der Waals surface area contributed by atoms with Gasteiger partial charge in [0.2, 0.25) is 10.0 Å². The Labute approximate surface area is 136 Å². The van der Waals surface area contributed by atoms with E-state index < -0.39 is 10.0 Å². The highest BCUT2D eigenvalue weighted by atomic mass is 32.2. The van der Waals surface area contributed by atoms with Crippen LogP contribution in [-0.4, -0.2) is 49.9 Å². The lowest BCUT2D eigenvalue weighted by molar-refractivity contribution is 0.521. The molecule has 1 rings (SSSR count). The van der Waals surface area contributed by atoms with Crippen molar-refractivity contribution in [1.82, 2.24) is 4.31 Å². The van der Waals surface area contributed by atoms with Crippen molar-refractivity contribution in [3.63, 3.8) is 0 Å². The van der Waals surface area contributed by atoms with Gasteiger partial charge in [-0.05, 0) is 17.9 Å². The lowest BCUT2D eigenvalue weighted by Crippen LogP contribution is -2.28. The largest absolute Gasteiger partial charge is 0.389 e. The van der Waals surface area contributed by atoms with Crippen molar-refractivity contribution in [2.45, 2.75) is 11.8 Å². The summed E-state index contributed by atoms with van der Waals surface area (Å²) in [6.07, 6.45) is 0. The molecular weight excluding hydrogens is 326 g/mol. The Morgan fingerprint density at radius 2 is 2.10 bits per heavy atom. The van der Waals surface area contributed by atoms with E-state index in [0.29, 0.717) is 11.5 Å². The molecule has 0 saturated heterocycles. The van der Waals surface area contributed by atoms with Crippen molar-refractivity contribution in [1.29, 1.82) is 0 Å². The maximum absolute atomic E-state index is 11.7. The zero-order valence-electron chi connectivity index (χ0n) is 12.4. The number of nitrogens with zero attached hydrogens (tertiary/aromatic N) is 1. The number of benzene rings is 1. The smallest absolute Gasteiger partial charge is 0.215 e. The molecule has 5 nitrogen and oxygen atoms in total. The first kappa shape index (κ1) is 18.2. The minimum absolute atomic E-state index is 0.0158. The fraction of sp³-hybridized carbons (Fsp3) is 0.462. The third-order valence-electron chi connectivity index (χ3n) is 2.80. The number of sulfonamides is 1. The fourth-order valence-electron chi connectivity index (χ4n) is 1.71. The quantitative estimate of drug-likeness (QED) is 0.551. The highest BCUT2D eigenvalue weighted by molar-refractivity contribution is 7.99. The number of nitrogens with one attached hydrogen (secondary N) is 1. The van der Waals surface area contributed by atoms with Gasteiger partial charge in [-0.1, -0.05) is 25.2 Å². The molecule has 0 radical (unpaired) electrons. The van der Waals surface area contributed by atoms with Crippen LogP contribution < -0.4 is 11.1 Å². The second-order valence-corrected chi connectivity index (χ2v) is 8.55. The van der Waals surface area contributed by atoms with Gasteiger partial charge >= 0.3 is 0 Å². The Balaban J connectivity index is 2.89. The van der Waals surface area contributed by atoms with Crippen molar-refractivity contribution in [2.75, 3.05) is 37.5 Å². The Kier molecular flexibility index (Phi) is 6.92. The van der Waals surface area contributed by atoms with Gasteiger partial charge in [0.1, 0.15) is 4.99 Å². The standard InChI is InChI=1S/C13H21N3O2S3/c1-4-20-11-7-5-6-10(12(11)13(14)19)15-8-9-21(17,18)16(2)3/h5-7,15H,4,8-9H2,1-3H3,(H2,14,19). The molecule has 0 aliphatic heterocycles. The maximum atomic E-state index is 11.7. The third-order valence-corrected chi connectivity index (χ3v) is 5.78. The summed E-state index contributed by atoms with van der Waals surface area (Å²) in [5, 5.41) is 3.12. The zero-order valence-corrected chi connectivity index (χ0v) is 14.9. The van der Waals surface area contributed by atoms with Crippen molar-refractivity contribution in [3.05, 3.63) is 23.8 Å². The predicted octanol–water partition coefficient (Wildman–Crippen LogP) is 1.74. The minimum atomic E-state index is -3.22. The van der Waals surface area contributed by atoms with Crippen LogP contribution in [0.15, 0.2) is 23.1 Å². The summed E-state index contributed by atoms with van der Waals surface area (Å²) >= 11 is 6.77. The van der Waals surface area contributed by atoms with Crippen LogP contribution >= 0.6 is 24.0 Å². The Hall–Kier alpha value is -0.830. The number of rotatable bonds is 8. The SMILES string of the molecule is CCSc1cccc(NCCS(=O)(=O)N(C)C)c1C(N)=S. The first-order valence-corrected chi connectivity index (χ1v) is 9.49. The Bertz CT molecular complexity index is 601. The maximum Gasteiger partial charge on any atom is 0.215 e. The molecule has 1 aromatic carbocycles. The minimum Gasteiger partial charge on any atom is -0.389 e. The fourth-order valence-corrected chi connectivity index (χ4v) is 3.57. The number of nitrogens with two attached hydrogens (primary N) is 1. The predicted molar refractivity (Wildman–Crippen MR) is 94.7 cm³/mol. The topological polar surface area (TPSA) is 75.4 Å². The lowest BCUT2D eigenvalue weighted by Gasteiger charge is -2.16. The van der Waals surface area contributed by atoms with E-state index in [2.05, 4.69) is 12.2 Å². The van der Waals surface area contributed by atoms with E-state index in [1.807, 2.05) is 18.2 Å². The zero-order chi connectivity index (χ0) is 16.0. The van der Waals surface area contributed by atoms with Crippen LogP contribution in [0.3, 0.4) is 0 Å². The van der Waals surface area contributed by atoms with Gasteiger partial charge < -0.3 is 11.1 Å². The molecule has 8 heteroatoms. The van der Waals surface area contributed by atoms with E-state index in [4.69, 9.17) is 18.0 Å². The Morgan fingerprint density at radius 3 is 2.62 bits per heavy atom. The van der Waals surface area contributed by atoms with Gasteiger partial charge in [0.05, 0.1) is 5.75 Å². The molecule has 0 unspecified atom stereocenters. The summed E-state index contributed by atoms with van der Waals surface area (Å²) in [7, 11) is -0.176. The van der Waals surface area contributed by atoms with Gasteiger partial charge in [0, 0.05) is 36.8 Å². The lowest BCUT2D eigenvalue weighted by atomic mass is 10.1. The van der Waals surface area contributed by atoms with Gasteiger partial charge in [-0.3, -0.25) is 0 Å². The van der Waals surface area contributed by atoms with Gasteiger partial charge in [-0.25, -0.2) is 12.7 Å². The second-order valence-electron chi connectivity index (χ2n) is 4.50. The van der Waals surface area contributed by atoms with Crippen molar-refractivity contribution in [2.24, 2.45) is 5.73 Å². The van der Waals surface area contributed by atoms with E-state index in [0.717, 1.165) is 21.9 Å². The van der Waals surface area contributed by atoms with Gasteiger partial charge in [0.15, 0.2) is 0 Å². The molecular formula is C13H21N3O2S3. The van der Waals surface area contributed by atoms with Crippen LogP contribution in [0, 0.1) is 0 Å². The van der Waals surface area contributed by atoms with E-state index in [-0.39, 0.29) is 5.75 Å².